The molecule has 0 amide bonds. The number of aromatic nitrogens is 4. The highest BCUT2D eigenvalue weighted by molar-refractivity contribution is 7.52. The lowest BCUT2D eigenvalue weighted by molar-refractivity contribution is -0.149. The normalized spacial score (nSPS) is 22.7. The fraction of sp³-hybridized carbons (Fsp3) is 0.481. The van der Waals surface area contributed by atoms with Crippen LogP contribution in [0.2, 0.25) is 0 Å². The average molecular weight is 587 g/mol. The van der Waals surface area contributed by atoms with Crippen LogP contribution in [-0.2, 0) is 18.6 Å². The van der Waals surface area contributed by atoms with Crippen molar-refractivity contribution < 1.29 is 33.0 Å². The number of ether oxygens (including phenoxy) is 2. The van der Waals surface area contributed by atoms with E-state index in [1.807, 2.05) is 6.92 Å². The number of benzene rings is 1. The number of hydrogen-bond donors (Lipinski definition) is 3. The second kappa shape index (κ2) is 12.4. The van der Waals surface area contributed by atoms with Crippen molar-refractivity contribution in [2.75, 3.05) is 18.9 Å². The number of carbonyl (C=O) groups excluding carboxylic acids is 1. The summed E-state index contributed by atoms with van der Waals surface area (Å²) in [6, 6.07) is 6.99. The molecule has 0 bridgehead atoms. The van der Waals surface area contributed by atoms with Crippen LogP contribution in [0, 0.1) is 17.8 Å². The Hall–Kier alpha value is -3.69. The van der Waals surface area contributed by atoms with Gasteiger partial charge in [-0.2, -0.15) is 15.1 Å². The molecule has 1 saturated carbocycles. The van der Waals surface area contributed by atoms with E-state index in [1.54, 1.807) is 55.1 Å². The number of esters is 1. The highest BCUT2D eigenvalue weighted by atomic mass is 31.2. The molecule has 4 rings (SSSR count). The van der Waals surface area contributed by atoms with Gasteiger partial charge in [0.15, 0.2) is 11.2 Å². The number of nitrogen functional groups attached to an aromatic ring is 1. The van der Waals surface area contributed by atoms with Crippen molar-refractivity contribution in [3.05, 3.63) is 36.7 Å². The summed E-state index contributed by atoms with van der Waals surface area (Å²) in [7, 11) is -4.20. The number of para-hydroxylation sites is 1. The van der Waals surface area contributed by atoms with E-state index in [1.165, 1.54) is 6.92 Å². The van der Waals surface area contributed by atoms with Gasteiger partial charge in [0.05, 0.1) is 37.2 Å². The van der Waals surface area contributed by atoms with Crippen molar-refractivity contribution >= 4 is 30.8 Å². The molecule has 5 atom stereocenters. The maximum Gasteiger partial charge on any atom is 0.459 e. The first-order valence-electron chi connectivity index (χ1n) is 13.3. The molecule has 1 aromatic carbocycles. The van der Waals surface area contributed by atoms with Gasteiger partial charge in [0.25, 0.3) is 0 Å². The van der Waals surface area contributed by atoms with Gasteiger partial charge in [0.1, 0.15) is 11.8 Å². The Balaban J connectivity index is 1.57. The van der Waals surface area contributed by atoms with Gasteiger partial charge in [0.2, 0.25) is 11.8 Å². The Morgan fingerprint density at radius 1 is 1.32 bits per heavy atom. The van der Waals surface area contributed by atoms with E-state index in [0.717, 1.165) is 0 Å². The summed E-state index contributed by atoms with van der Waals surface area (Å²) in [5.74, 6) is 2.55. The number of terminal acetylenes is 1. The molecule has 1 aliphatic rings. The summed E-state index contributed by atoms with van der Waals surface area (Å²) in [6.45, 7) is 6.75. The van der Waals surface area contributed by atoms with E-state index in [2.05, 4.69) is 26.0 Å². The van der Waals surface area contributed by atoms with Crippen LogP contribution in [0.15, 0.2) is 36.7 Å². The van der Waals surface area contributed by atoms with Gasteiger partial charge in [-0.3, -0.25) is 9.32 Å². The second-order valence-electron chi connectivity index (χ2n) is 10.1. The van der Waals surface area contributed by atoms with Crippen molar-refractivity contribution in [2.45, 2.75) is 64.8 Å². The minimum atomic E-state index is -4.20. The molecule has 220 valence electrons. The third-order valence-electron chi connectivity index (χ3n) is 6.62. The van der Waals surface area contributed by atoms with Crippen molar-refractivity contribution in [1.82, 2.24) is 24.6 Å². The smallest absolute Gasteiger partial charge is 0.459 e. The van der Waals surface area contributed by atoms with Crippen LogP contribution in [-0.4, -0.2) is 62.1 Å². The molecule has 3 aromatic rings. The summed E-state index contributed by atoms with van der Waals surface area (Å²) in [6.07, 6.45) is 6.59. The zero-order valence-corrected chi connectivity index (χ0v) is 24.3. The quantitative estimate of drug-likeness (QED) is 0.161. The van der Waals surface area contributed by atoms with Gasteiger partial charge >= 0.3 is 13.7 Å². The zero-order valence-electron chi connectivity index (χ0n) is 23.4. The van der Waals surface area contributed by atoms with E-state index in [0.29, 0.717) is 17.8 Å². The summed E-state index contributed by atoms with van der Waals surface area (Å²) in [5, 5.41) is 13.8. The molecule has 0 radical (unpaired) electrons. The maximum absolute atomic E-state index is 14.0. The molecular weight excluding hydrogens is 551 g/mol. The van der Waals surface area contributed by atoms with Crippen LogP contribution in [0.4, 0.5) is 5.95 Å². The Morgan fingerprint density at radius 3 is 2.71 bits per heavy atom. The van der Waals surface area contributed by atoms with Crippen molar-refractivity contribution in [3.63, 3.8) is 0 Å². The molecule has 0 aliphatic heterocycles. The van der Waals surface area contributed by atoms with E-state index >= 15 is 0 Å². The van der Waals surface area contributed by atoms with Crippen LogP contribution in [0.1, 0.15) is 46.6 Å². The number of anilines is 1. The number of fused-ring (bicyclic) bond motifs is 1. The third-order valence-corrected chi connectivity index (χ3v) is 8.24. The van der Waals surface area contributed by atoms with Crippen LogP contribution >= 0.6 is 7.75 Å². The van der Waals surface area contributed by atoms with Gasteiger partial charge < -0.3 is 29.4 Å². The lowest BCUT2D eigenvalue weighted by Crippen LogP contribution is -2.38. The molecule has 13 nitrogen and oxygen atoms in total. The van der Waals surface area contributed by atoms with Gasteiger partial charge in [-0.05, 0) is 52.7 Å². The van der Waals surface area contributed by atoms with E-state index in [4.69, 9.17) is 30.7 Å². The molecule has 4 N–H and O–H groups in total. The van der Waals surface area contributed by atoms with Crippen LogP contribution < -0.4 is 20.1 Å². The number of carbonyl (C=O) groups is 1. The minimum Gasteiger partial charge on any atom is -0.476 e. The fourth-order valence-electron chi connectivity index (χ4n) is 4.63. The molecule has 1 fully saturated rings. The Kier molecular flexibility index (Phi) is 9.19. The first-order chi connectivity index (χ1) is 19.5. The van der Waals surface area contributed by atoms with Crippen LogP contribution in [0.25, 0.3) is 11.2 Å². The van der Waals surface area contributed by atoms with Crippen molar-refractivity contribution in [1.29, 1.82) is 0 Å². The van der Waals surface area contributed by atoms with Gasteiger partial charge in [-0.15, -0.1) is 6.42 Å². The first kappa shape index (κ1) is 30.3. The summed E-state index contributed by atoms with van der Waals surface area (Å²) < 4.78 is 38.1. The number of hydrogen-bond acceptors (Lipinski definition) is 11. The van der Waals surface area contributed by atoms with Crippen molar-refractivity contribution in [3.8, 4) is 24.0 Å². The van der Waals surface area contributed by atoms with Gasteiger partial charge in [0, 0.05) is 6.04 Å². The topological polar surface area (TPSA) is 173 Å². The Bertz CT molecular complexity index is 1460. The Morgan fingerprint density at radius 2 is 2.05 bits per heavy atom. The zero-order chi connectivity index (χ0) is 29.8. The third kappa shape index (κ3) is 6.80. The predicted octanol–water partition coefficient (Wildman–Crippen LogP) is 3.26. The Labute approximate surface area is 238 Å². The largest absolute Gasteiger partial charge is 0.476 e. The number of nitrogens with two attached hydrogens (primary N) is 1. The highest BCUT2D eigenvalue weighted by Gasteiger charge is 2.49. The summed E-state index contributed by atoms with van der Waals surface area (Å²) in [5.41, 5.74) is 5.52. The number of aliphatic hydroxyl groups is 1. The highest BCUT2D eigenvalue weighted by Crippen LogP contribution is 2.51. The molecule has 2 aromatic heterocycles. The standard InChI is InChI=1S/C27H35N6O7P/c1-6-27(14-19(13-21(27)34)33-16-29-22-23(33)30-26(28)31-24(22)37-7-2)15-38-41(36,40-20-11-9-8-10-12-20)32-18(5)25(35)39-17(3)4/h1,8-12,16-19,21,34H,7,13-15H2,2-5H3,(H,32,36)(H2,28,30,31)/t18-,19+,21+,27-,41-/m0/s1. The van der Waals surface area contributed by atoms with Gasteiger partial charge in [-0.25, -0.2) is 9.55 Å². The lowest BCUT2D eigenvalue weighted by atomic mass is 9.86. The van der Waals surface area contributed by atoms with E-state index in [-0.39, 0.29) is 49.2 Å². The number of rotatable bonds is 12. The average Bonchev–Trinajstić information content (AvgIpc) is 3.49. The van der Waals surface area contributed by atoms with Crippen LogP contribution in [0.3, 0.4) is 0 Å². The number of nitrogens with zero attached hydrogens (tertiary/aromatic N) is 4. The molecule has 2 heterocycles. The summed E-state index contributed by atoms with van der Waals surface area (Å²) >= 11 is 0. The molecule has 41 heavy (non-hydrogen) atoms. The molecule has 0 saturated heterocycles. The second-order valence-corrected chi connectivity index (χ2v) is 11.8. The minimum absolute atomic E-state index is 0.0166. The summed E-state index contributed by atoms with van der Waals surface area (Å²) in [4.78, 5) is 25.3. The molecular formula is C27H35N6O7P. The number of aliphatic hydroxyl groups excluding tert-OH is 1. The monoisotopic (exact) mass is 586 g/mol. The lowest BCUT2D eigenvalue weighted by Gasteiger charge is -2.30. The fourth-order valence-corrected chi connectivity index (χ4v) is 6.19. The molecule has 14 heteroatoms. The van der Waals surface area contributed by atoms with Crippen molar-refractivity contribution in [2.24, 2.45) is 5.41 Å². The van der Waals surface area contributed by atoms with E-state index in [9.17, 15) is 14.5 Å². The maximum atomic E-state index is 14.0. The van der Waals surface area contributed by atoms with E-state index < -0.39 is 31.3 Å². The molecule has 0 spiro atoms. The molecule has 1 aliphatic carbocycles. The SMILES string of the molecule is C#C[C@@]1(CO[P@@](=O)(N[C@@H](C)C(=O)OC(C)C)Oc2ccccc2)C[C@H](n2cnc3c(OCC)nc(N)nc32)C[C@H]1O. The molecule has 0 unspecified atom stereocenters. The first-order valence-corrected chi connectivity index (χ1v) is 14.8. The van der Waals surface area contributed by atoms with Gasteiger partial charge in [-0.1, -0.05) is 24.1 Å². The number of imidazole rings is 1. The van der Waals surface area contributed by atoms with Crippen LogP contribution in [0.5, 0.6) is 11.6 Å². The number of nitrogens with one attached hydrogen (secondary N) is 1. The predicted molar refractivity (Wildman–Crippen MR) is 151 cm³/mol.